The highest BCUT2D eigenvalue weighted by Crippen LogP contribution is 2.25. The minimum atomic E-state index is -0.996. The summed E-state index contributed by atoms with van der Waals surface area (Å²) < 4.78 is 4.59. The standard InChI is InChI=1S/C10H12O4S/c1-3-4-6-7(9(11)12)5-15-8(6)10(13)14-2/h5H,3-4H2,1-2H3,(H,11,12). The van der Waals surface area contributed by atoms with Gasteiger partial charge in [0, 0.05) is 5.38 Å². The second-order valence-corrected chi connectivity index (χ2v) is 3.88. The Hall–Kier alpha value is -1.36. The van der Waals surface area contributed by atoms with Crippen molar-refractivity contribution in [3.63, 3.8) is 0 Å². The Morgan fingerprint density at radius 2 is 2.20 bits per heavy atom. The summed E-state index contributed by atoms with van der Waals surface area (Å²) in [5.74, 6) is -1.46. The van der Waals surface area contributed by atoms with Gasteiger partial charge in [0.2, 0.25) is 0 Å². The maximum atomic E-state index is 11.3. The lowest BCUT2D eigenvalue weighted by molar-refractivity contribution is 0.0605. The van der Waals surface area contributed by atoms with Crippen molar-refractivity contribution >= 4 is 23.3 Å². The molecule has 0 bridgehead atoms. The van der Waals surface area contributed by atoms with Gasteiger partial charge in [-0.05, 0) is 12.0 Å². The highest BCUT2D eigenvalue weighted by atomic mass is 32.1. The molecule has 0 radical (unpaired) electrons. The number of hydrogen-bond acceptors (Lipinski definition) is 4. The van der Waals surface area contributed by atoms with Crippen LogP contribution in [-0.4, -0.2) is 24.2 Å². The van der Waals surface area contributed by atoms with E-state index in [1.54, 1.807) is 0 Å². The van der Waals surface area contributed by atoms with Crippen molar-refractivity contribution in [2.24, 2.45) is 0 Å². The lowest BCUT2D eigenvalue weighted by Crippen LogP contribution is -2.06. The van der Waals surface area contributed by atoms with Crippen molar-refractivity contribution in [3.05, 3.63) is 21.4 Å². The number of rotatable bonds is 4. The number of aromatic carboxylic acids is 1. The summed E-state index contributed by atoms with van der Waals surface area (Å²) in [4.78, 5) is 22.6. The molecule has 1 aromatic heterocycles. The van der Waals surface area contributed by atoms with Crippen molar-refractivity contribution in [1.29, 1.82) is 0 Å². The van der Waals surface area contributed by atoms with Crippen molar-refractivity contribution in [2.45, 2.75) is 19.8 Å². The van der Waals surface area contributed by atoms with Gasteiger partial charge in [-0.15, -0.1) is 11.3 Å². The van der Waals surface area contributed by atoms with Crippen LogP contribution in [0.25, 0.3) is 0 Å². The van der Waals surface area contributed by atoms with Crippen LogP contribution in [0.1, 0.15) is 38.9 Å². The van der Waals surface area contributed by atoms with Gasteiger partial charge in [0.05, 0.1) is 12.7 Å². The van der Waals surface area contributed by atoms with Crippen LogP contribution in [0.5, 0.6) is 0 Å². The summed E-state index contributed by atoms with van der Waals surface area (Å²) in [5, 5.41) is 10.4. The predicted molar refractivity (Wildman–Crippen MR) is 56.6 cm³/mol. The Morgan fingerprint density at radius 3 is 2.67 bits per heavy atom. The zero-order valence-electron chi connectivity index (χ0n) is 8.57. The molecule has 1 rings (SSSR count). The average molecular weight is 228 g/mol. The van der Waals surface area contributed by atoms with E-state index in [-0.39, 0.29) is 5.56 Å². The average Bonchev–Trinajstić information content (AvgIpc) is 2.61. The fraction of sp³-hybridized carbons (Fsp3) is 0.400. The third-order valence-corrected chi connectivity index (χ3v) is 3.00. The van der Waals surface area contributed by atoms with Crippen LogP contribution in [0.4, 0.5) is 0 Å². The maximum Gasteiger partial charge on any atom is 0.348 e. The fourth-order valence-corrected chi connectivity index (χ4v) is 2.34. The second-order valence-electron chi connectivity index (χ2n) is 3.00. The summed E-state index contributed by atoms with van der Waals surface area (Å²) in [5.41, 5.74) is 0.795. The summed E-state index contributed by atoms with van der Waals surface area (Å²) in [6, 6.07) is 0. The van der Waals surface area contributed by atoms with Gasteiger partial charge >= 0.3 is 11.9 Å². The minimum Gasteiger partial charge on any atom is -0.478 e. The Bertz CT molecular complexity index is 381. The van der Waals surface area contributed by atoms with Gasteiger partial charge in [-0.3, -0.25) is 0 Å². The van der Waals surface area contributed by atoms with Crippen molar-refractivity contribution in [1.82, 2.24) is 0 Å². The lowest BCUT2D eigenvalue weighted by Gasteiger charge is -2.01. The normalized spacial score (nSPS) is 10.0. The van der Waals surface area contributed by atoms with Gasteiger partial charge < -0.3 is 9.84 Å². The molecule has 0 aliphatic rings. The van der Waals surface area contributed by atoms with E-state index in [4.69, 9.17) is 5.11 Å². The molecule has 82 valence electrons. The molecule has 0 atom stereocenters. The number of carbonyl (C=O) groups is 2. The molecule has 15 heavy (non-hydrogen) atoms. The smallest absolute Gasteiger partial charge is 0.348 e. The summed E-state index contributed by atoms with van der Waals surface area (Å²) in [7, 11) is 1.29. The molecule has 1 heterocycles. The predicted octanol–water partition coefficient (Wildman–Crippen LogP) is 2.19. The summed E-state index contributed by atoms with van der Waals surface area (Å²) in [6.07, 6.45) is 1.37. The summed E-state index contributed by atoms with van der Waals surface area (Å²) in [6.45, 7) is 1.93. The third kappa shape index (κ3) is 2.36. The van der Waals surface area contributed by atoms with Crippen LogP contribution < -0.4 is 0 Å². The maximum absolute atomic E-state index is 11.3. The van der Waals surface area contributed by atoms with Crippen molar-refractivity contribution in [3.8, 4) is 0 Å². The summed E-state index contributed by atoms with van der Waals surface area (Å²) >= 11 is 1.12. The van der Waals surface area contributed by atoms with Crippen molar-refractivity contribution in [2.75, 3.05) is 7.11 Å². The molecule has 5 heteroatoms. The van der Waals surface area contributed by atoms with Crippen LogP contribution >= 0.6 is 11.3 Å². The van der Waals surface area contributed by atoms with Gasteiger partial charge in [-0.25, -0.2) is 9.59 Å². The molecule has 0 amide bonds. The van der Waals surface area contributed by atoms with Gasteiger partial charge in [-0.1, -0.05) is 13.3 Å². The first-order valence-electron chi connectivity index (χ1n) is 4.53. The van der Waals surface area contributed by atoms with Gasteiger partial charge in [0.25, 0.3) is 0 Å². The van der Waals surface area contributed by atoms with Crippen LogP contribution in [0.15, 0.2) is 5.38 Å². The third-order valence-electron chi connectivity index (χ3n) is 2.00. The number of carboxylic acid groups (broad SMARTS) is 1. The zero-order chi connectivity index (χ0) is 11.4. The molecular formula is C10H12O4S. The molecule has 4 nitrogen and oxygen atoms in total. The number of hydrogen-bond donors (Lipinski definition) is 1. The fourth-order valence-electron chi connectivity index (χ4n) is 1.32. The molecule has 1 N–H and O–H groups in total. The molecule has 0 spiro atoms. The monoisotopic (exact) mass is 228 g/mol. The van der Waals surface area contributed by atoms with Gasteiger partial charge in [0.15, 0.2) is 0 Å². The first-order chi connectivity index (χ1) is 7.11. The topological polar surface area (TPSA) is 63.6 Å². The van der Waals surface area contributed by atoms with E-state index in [2.05, 4.69) is 4.74 Å². The Kier molecular flexibility index (Phi) is 3.85. The first kappa shape index (κ1) is 11.7. The lowest BCUT2D eigenvalue weighted by atomic mass is 10.1. The number of ether oxygens (including phenoxy) is 1. The molecule has 1 aromatic rings. The van der Waals surface area contributed by atoms with E-state index in [1.807, 2.05) is 6.92 Å². The highest BCUT2D eigenvalue weighted by molar-refractivity contribution is 7.12. The minimum absolute atomic E-state index is 0.210. The van der Waals surface area contributed by atoms with E-state index >= 15 is 0 Å². The molecule has 0 aliphatic carbocycles. The molecule has 0 aromatic carbocycles. The number of esters is 1. The largest absolute Gasteiger partial charge is 0.478 e. The quantitative estimate of drug-likeness (QED) is 0.802. The molecule has 0 aliphatic heterocycles. The number of carbonyl (C=O) groups excluding carboxylic acids is 1. The SMILES string of the molecule is CCCc1c(C(=O)O)csc1C(=O)OC. The van der Waals surface area contributed by atoms with Crippen molar-refractivity contribution < 1.29 is 19.4 Å². The van der Waals surface area contributed by atoms with Crippen LogP contribution in [0.2, 0.25) is 0 Å². The van der Waals surface area contributed by atoms with E-state index in [0.29, 0.717) is 16.9 Å². The zero-order valence-corrected chi connectivity index (χ0v) is 9.39. The van der Waals surface area contributed by atoms with Gasteiger partial charge in [0.1, 0.15) is 4.88 Å². The van der Waals surface area contributed by atoms with E-state index in [1.165, 1.54) is 12.5 Å². The number of carboxylic acids is 1. The van der Waals surface area contributed by atoms with E-state index < -0.39 is 11.9 Å². The molecule has 0 unspecified atom stereocenters. The molecule has 0 fully saturated rings. The van der Waals surface area contributed by atoms with E-state index in [9.17, 15) is 9.59 Å². The molecular weight excluding hydrogens is 216 g/mol. The van der Waals surface area contributed by atoms with Gasteiger partial charge in [-0.2, -0.15) is 0 Å². The van der Waals surface area contributed by atoms with Crippen LogP contribution in [-0.2, 0) is 11.2 Å². The Balaban J connectivity index is 3.17. The Labute approximate surface area is 91.5 Å². The molecule has 0 saturated carbocycles. The number of thiophene rings is 1. The number of methoxy groups -OCH3 is 1. The van der Waals surface area contributed by atoms with Crippen LogP contribution in [0.3, 0.4) is 0 Å². The first-order valence-corrected chi connectivity index (χ1v) is 5.41. The van der Waals surface area contributed by atoms with E-state index in [0.717, 1.165) is 17.8 Å². The second kappa shape index (κ2) is 4.93. The molecule has 0 saturated heterocycles. The van der Waals surface area contributed by atoms with Crippen LogP contribution in [0, 0.1) is 0 Å². The highest BCUT2D eigenvalue weighted by Gasteiger charge is 2.21. The Morgan fingerprint density at radius 1 is 1.53 bits per heavy atom.